The van der Waals surface area contributed by atoms with E-state index in [-0.39, 0.29) is 11.2 Å². The van der Waals surface area contributed by atoms with Crippen LogP contribution in [0.3, 0.4) is 0 Å². The topological polar surface area (TPSA) is 75.0 Å². The van der Waals surface area contributed by atoms with Crippen molar-refractivity contribution in [2.45, 2.75) is 33.8 Å². The Balaban J connectivity index is 1.48. The molecule has 0 unspecified atom stereocenters. The Bertz CT molecular complexity index is 1370. The zero-order chi connectivity index (χ0) is 24.1. The van der Waals surface area contributed by atoms with E-state index in [0.717, 1.165) is 17.5 Å². The monoisotopic (exact) mass is 458 g/mol. The third-order valence-corrected chi connectivity index (χ3v) is 5.37. The van der Waals surface area contributed by atoms with Gasteiger partial charge in [-0.25, -0.2) is 4.79 Å². The summed E-state index contributed by atoms with van der Waals surface area (Å²) >= 11 is 0. The first-order valence-electron chi connectivity index (χ1n) is 11.1. The molecule has 6 nitrogen and oxygen atoms in total. The van der Waals surface area contributed by atoms with Crippen LogP contribution in [0.2, 0.25) is 0 Å². The van der Waals surface area contributed by atoms with Crippen molar-refractivity contribution in [3.05, 3.63) is 99.4 Å². The quantitative estimate of drug-likeness (QED) is 0.287. The summed E-state index contributed by atoms with van der Waals surface area (Å²) in [6.07, 6.45) is 2.03. The number of rotatable bonds is 8. The molecule has 1 aromatic heterocycles. The third kappa shape index (κ3) is 5.29. The van der Waals surface area contributed by atoms with Crippen molar-refractivity contribution >= 4 is 16.9 Å². The van der Waals surface area contributed by atoms with E-state index in [0.29, 0.717) is 41.2 Å². The van der Waals surface area contributed by atoms with Crippen LogP contribution in [0.1, 0.15) is 40.4 Å². The lowest BCUT2D eigenvalue weighted by atomic mass is 10.1. The van der Waals surface area contributed by atoms with Crippen LogP contribution in [0.4, 0.5) is 0 Å². The number of ether oxygens (including phenoxy) is 3. The maximum absolute atomic E-state index is 12.9. The summed E-state index contributed by atoms with van der Waals surface area (Å²) in [6, 6.07) is 17.7. The molecule has 4 rings (SSSR count). The number of hydrogen-bond acceptors (Lipinski definition) is 6. The highest BCUT2D eigenvalue weighted by Gasteiger charge is 2.12. The Morgan fingerprint density at radius 1 is 0.941 bits per heavy atom. The summed E-state index contributed by atoms with van der Waals surface area (Å²) in [5.74, 6) is 0.676. The lowest BCUT2D eigenvalue weighted by molar-refractivity contribution is 0.0505. The molecule has 3 aromatic carbocycles. The van der Waals surface area contributed by atoms with Crippen LogP contribution in [0, 0.1) is 13.8 Å². The van der Waals surface area contributed by atoms with Crippen LogP contribution >= 0.6 is 0 Å². The molecule has 0 radical (unpaired) electrons. The molecule has 0 saturated carbocycles. The maximum atomic E-state index is 12.9. The van der Waals surface area contributed by atoms with E-state index in [1.165, 1.54) is 11.8 Å². The third-order valence-electron chi connectivity index (χ3n) is 5.37. The second kappa shape index (κ2) is 10.3. The van der Waals surface area contributed by atoms with E-state index in [1.807, 2.05) is 20.8 Å². The van der Waals surface area contributed by atoms with Gasteiger partial charge in [-0.15, -0.1) is 0 Å². The molecule has 34 heavy (non-hydrogen) atoms. The second-order valence-corrected chi connectivity index (χ2v) is 8.07. The summed E-state index contributed by atoms with van der Waals surface area (Å²) in [5.41, 5.74) is 3.96. The van der Waals surface area contributed by atoms with Crippen LogP contribution in [0.15, 0.2) is 76.1 Å². The van der Waals surface area contributed by atoms with Gasteiger partial charge in [-0.05, 0) is 67.8 Å². The van der Waals surface area contributed by atoms with Crippen molar-refractivity contribution in [2.75, 3.05) is 6.61 Å². The zero-order valence-corrected chi connectivity index (χ0v) is 19.4. The molecule has 0 N–H and O–H groups in total. The Morgan fingerprint density at radius 3 is 2.47 bits per heavy atom. The van der Waals surface area contributed by atoms with Crippen LogP contribution in [-0.2, 0) is 11.3 Å². The van der Waals surface area contributed by atoms with Gasteiger partial charge in [0.25, 0.3) is 0 Å². The van der Waals surface area contributed by atoms with E-state index in [9.17, 15) is 9.59 Å². The summed E-state index contributed by atoms with van der Waals surface area (Å²) < 4.78 is 22.4. The number of benzene rings is 3. The number of carbonyl (C=O) groups is 1. The molecule has 0 fully saturated rings. The fourth-order valence-corrected chi connectivity index (χ4v) is 3.43. The molecule has 0 amide bonds. The average molecular weight is 459 g/mol. The van der Waals surface area contributed by atoms with Gasteiger partial charge in [0, 0.05) is 6.07 Å². The zero-order valence-electron chi connectivity index (χ0n) is 19.4. The minimum Gasteiger partial charge on any atom is -0.489 e. The molecule has 0 spiro atoms. The molecule has 0 atom stereocenters. The predicted octanol–water partition coefficient (Wildman–Crippen LogP) is 6.35. The summed E-state index contributed by atoms with van der Waals surface area (Å²) in [6.45, 7) is 6.81. The van der Waals surface area contributed by atoms with Crippen molar-refractivity contribution in [1.82, 2.24) is 0 Å². The molecule has 4 aromatic rings. The van der Waals surface area contributed by atoms with E-state index in [4.69, 9.17) is 18.6 Å². The van der Waals surface area contributed by atoms with Gasteiger partial charge in [0.05, 0.1) is 17.6 Å². The minimum absolute atomic E-state index is 0.0536. The van der Waals surface area contributed by atoms with Crippen molar-refractivity contribution in [3.63, 3.8) is 0 Å². The molecule has 0 saturated heterocycles. The molecule has 0 aliphatic rings. The summed E-state index contributed by atoms with van der Waals surface area (Å²) in [4.78, 5) is 24.8. The molecule has 0 bridgehead atoms. The molecule has 1 heterocycles. The van der Waals surface area contributed by atoms with E-state index >= 15 is 0 Å². The number of esters is 1. The Hall–Kier alpha value is -4.06. The first-order valence-corrected chi connectivity index (χ1v) is 11.1. The highest BCUT2D eigenvalue weighted by molar-refractivity contribution is 5.89. The van der Waals surface area contributed by atoms with Gasteiger partial charge in [0.1, 0.15) is 30.0 Å². The van der Waals surface area contributed by atoms with Crippen LogP contribution < -0.4 is 14.9 Å². The Labute approximate surface area is 197 Å². The summed E-state index contributed by atoms with van der Waals surface area (Å²) in [5, 5.41) is 0.386. The standard InChI is InChI=1S/C28H26O6/c1-4-13-31-28(30)20-7-9-22(10-8-20)34-26-17-33-25-15-23(11-12-24(25)27(26)29)32-16-21-14-18(2)5-6-19(21)3/h5-12,14-15,17H,4,13,16H2,1-3H3. The SMILES string of the molecule is CCCOC(=O)c1ccc(Oc2coc3cc(OCc4cc(C)ccc4C)ccc3c2=O)cc1. The van der Waals surface area contributed by atoms with Crippen molar-refractivity contribution < 1.29 is 23.4 Å². The maximum Gasteiger partial charge on any atom is 0.338 e. The first kappa shape index (κ1) is 23.1. The van der Waals surface area contributed by atoms with Gasteiger partial charge in [-0.1, -0.05) is 30.7 Å². The fraction of sp³-hybridized carbons (Fsp3) is 0.214. The van der Waals surface area contributed by atoms with Gasteiger partial charge in [-0.3, -0.25) is 4.79 Å². The van der Waals surface area contributed by atoms with Gasteiger partial charge in [0.15, 0.2) is 0 Å². The second-order valence-electron chi connectivity index (χ2n) is 8.07. The van der Waals surface area contributed by atoms with Gasteiger partial charge in [0.2, 0.25) is 11.2 Å². The molecular formula is C28H26O6. The van der Waals surface area contributed by atoms with Crippen LogP contribution in [0.25, 0.3) is 11.0 Å². The predicted molar refractivity (Wildman–Crippen MR) is 130 cm³/mol. The largest absolute Gasteiger partial charge is 0.489 e. The molecule has 6 heteroatoms. The van der Waals surface area contributed by atoms with E-state index in [1.54, 1.807) is 42.5 Å². The number of hydrogen-bond donors (Lipinski definition) is 0. The van der Waals surface area contributed by atoms with Crippen molar-refractivity contribution in [3.8, 4) is 17.2 Å². The highest BCUT2D eigenvalue weighted by atomic mass is 16.5. The Kier molecular flexibility index (Phi) is 6.97. The summed E-state index contributed by atoms with van der Waals surface area (Å²) in [7, 11) is 0. The highest BCUT2D eigenvalue weighted by Crippen LogP contribution is 2.25. The normalized spacial score (nSPS) is 10.8. The molecular weight excluding hydrogens is 432 g/mol. The first-order chi connectivity index (χ1) is 16.4. The fourth-order valence-electron chi connectivity index (χ4n) is 3.43. The van der Waals surface area contributed by atoms with E-state index in [2.05, 4.69) is 18.2 Å². The van der Waals surface area contributed by atoms with Gasteiger partial charge >= 0.3 is 5.97 Å². The van der Waals surface area contributed by atoms with Gasteiger partial charge in [-0.2, -0.15) is 0 Å². The lowest BCUT2D eigenvalue weighted by Gasteiger charge is -2.10. The Morgan fingerprint density at radius 2 is 1.71 bits per heavy atom. The van der Waals surface area contributed by atoms with Crippen molar-refractivity contribution in [1.29, 1.82) is 0 Å². The lowest BCUT2D eigenvalue weighted by Crippen LogP contribution is -2.07. The molecule has 0 aliphatic heterocycles. The number of aryl methyl sites for hydroxylation is 2. The van der Waals surface area contributed by atoms with Crippen LogP contribution in [-0.4, -0.2) is 12.6 Å². The smallest absolute Gasteiger partial charge is 0.338 e. The number of fused-ring (bicyclic) bond motifs is 1. The van der Waals surface area contributed by atoms with Crippen molar-refractivity contribution in [2.24, 2.45) is 0 Å². The molecule has 0 aliphatic carbocycles. The number of carbonyl (C=O) groups excluding carboxylic acids is 1. The minimum atomic E-state index is -0.394. The van der Waals surface area contributed by atoms with Crippen LogP contribution in [0.5, 0.6) is 17.2 Å². The molecule has 174 valence electrons. The van der Waals surface area contributed by atoms with Gasteiger partial charge < -0.3 is 18.6 Å². The average Bonchev–Trinajstić information content (AvgIpc) is 2.85. The van der Waals surface area contributed by atoms with E-state index < -0.39 is 5.97 Å².